The van der Waals surface area contributed by atoms with Crippen LogP contribution in [0.2, 0.25) is 0 Å². The fraction of sp³-hybridized carbons (Fsp3) is 0.0526. The van der Waals surface area contributed by atoms with E-state index in [9.17, 15) is 8.42 Å². The topological polar surface area (TPSA) is 92.4 Å². The minimum atomic E-state index is -3.57. The first-order chi connectivity index (χ1) is 11.9. The molecule has 3 rings (SSSR count). The van der Waals surface area contributed by atoms with Crippen molar-refractivity contribution in [2.24, 2.45) is 0 Å². The molecule has 0 spiro atoms. The van der Waals surface area contributed by atoms with Crippen molar-refractivity contribution >= 4 is 21.4 Å². The highest BCUT2D eigenvalue weighted by Crippen LogP contribution is 2.17. The number of phenols is 1. The lowest BCUT2D eigenvalue weighted by atomic mass is 10.2. The van der Waals surface area contributed by atoms with Crippen LogP contribution in [0.4, 0.5) is 11.4 Å². The smallest absolute Gasteiger partial charge is 0.261 e. The largest absolute Gasteiger partial charge is 0.508 e. The summed E-state index contributed by atoms with van der Waals surface area (Å²) in [6.45, 7) is 1.87. The first-order valence-corrected chi connectivity index (χ1v) is 9.05. The number of sulfonamides is 1. The van der Waals surface area contributed by atoms with Gasteiger partial charge in [0.25, 0.3) is 10.0 Å². The molecule has 0 fully saturated rings. The van der Waals surface area contributed by atoms with Crippen molar-refractivity contribution in [2.75, 3.05) is 10.5 Å². The van der Waals surface area contributed by atoms with Gasteiger partial charge in [-0.2, -0.15) is 0 Å². The number of hydrogen-bond donors (Lipinski definition) is 3. The van der Waals surface area contributed by atoms with E-state index >= 15 is 0 Å². The Hall–Kier alpha value is -2.99. The second-order valence-corrected chi connectivity index (χ2v) is 7.01. The quantitative estimate of drug-likeness (QED) is 0.623. The van der Waals surface area contributed by atoms with E-state index in [2.05, 4.69) is 4.72 Å². The molecule has 0 saturated carbocycles. The number of benzene rings is 3. The minimum absolute atomic E-state index is 0.154. The molecule has 0 radical (unpaired) electrons. The lowest BCUT2D eigenvalue weighted by Gasteiger charge is -2.08. The van der Waals surface area contributed by atoms with Crippen molar-refractivity contribution in [3.05, 3.63) is 84.4 Å². The van der Waals surface area contributed by atoms with Crippen LogP contribution in [-0.4, -0.2) is 13.5 Å². The Morgan fingerprint density at radius 2 is 1.52 bits per heavy atom. The summed E-state index contributed by atoms with van der Waals surface area (Å²) in [4.78, 5) is 0.154. The van der Waals surface area contributed by atoms with Gasteiger partial charge in [-0.3, -0.25) is 4.72 Å². The van der Waals surface area contributed by atoms with Crippen LogP contribution < -0.4 is 10.5 Å². The third kappa shape index (κ3) is 5.54. The van der Waals surface area contributed by atoms with Crippen molar-refractivity contribution in [1.82, 2.24) is 0 Å². The summed E-state index contributed by atoms with van der Waals surface area (Å²) < 4.78 is 26.5. The van der Waals surface area contributed by atoms with Crippen molar-refractivity contribution in [3.63, 3.8) is 0 Å². The van der Waals surface area contributed by atoms with Crippen LogP contribution in [0, 0.1) is 6.92 Å². The Labute approximate surface area is 147 Å². The van der Waals surface area contributed by atoms with Crippen LogP contribution in [-0.2, 0) is 10.0 Å². The number of phenolic OH excluding ortho intramolecular Hbond substituents is 1. The molecule has 0 aliphatic carbocycles. The second kappa shape index (κ2) is 8.21. The van der Waals surface area contributed by atoms with Crippen molar-refractivity contribution < 1.29 is 13.5 Å². The summed E-state index contributed by atoms with van der Waals surface area (Å²) in [6.07, 6.45) is 0. The van der Waals surface area contributed by atoms with Crippen molar-refractivity contribution in [3.8, 4) is 5.75 Å². The van der Waals surface area contributed by atoms with Gasteiger partial charge in [-0.1, -0.05) is 42.5 Å². The lowest BCUT2D eigenvalue weighted by molar-refractivity contribution is 0.471. The average molecular weight is 356 g/mol. The Morgan fingerprint density at radius 3 is 2.08 bits per heavy atom. The van der Waals surface area contributed by atoms with Crippen LogP contribution >= 0.6 is 0 Å². The van der Waals surface area contributed by atoms with Gasteiger partial charge in [0, 0.05) is 11.4 Å². The molecule has 3 aromatic rings. The Balaban J connectivity index is 0.000000236. The van der Waals surface area contributed by atoms with E-state index in [0.717, 1.165) is 5.56 Å². The summed E-state index contributed by atoms with van der Waals surface area (Å²) in [5.74, 6) is 0.368. The molecular formula is C19H20N2O3S. The van der Waals surface area contributed by atoms with E-state index in [-0.39, 0.29) is 4.90 Å². The fourth-order valence-electron chi connectivity index (χ4n) is 1.97. The average Bonchev–Trinajstić information content (AvgIpc) is 2.59. The standard InChI is InChI=1S/C12H12N2O2S.C7H8O/c13-10-5-4-8-12(9-10)17(15,16)14-11-6-2-1-3-7-11;1-6-4-2-3-5-7(6)8/h1-9,14H,13H2;2-5,8H,1H3. The molecule has 0 aromatic heterocycles. The molecule has 6 heteroatoms. The molecule has 3 aromatic carbocycles. The third-order valence-corrected chi connectivity index (χ3v) is 4.69. The number of hydrogen-bond acceptors (Lipinski definition) is 4. The van der Waals surface area contributed by atoms with E-state index in [1.54, 1.807) is 42.5 Å². The maximum atomic E-state index is 12.0. The number of para-hydroxylation sites is 2. The highest BCUT2D eigenvalue weighted by atomic mass is 32.2. The first kappa shape index (κ1) is 18.4. The molecule has 0 aliphatic rings. The summed E-state index contributed by atoms with van der Waals surface area (Å²) in [5.41, 5.74) is 7.42. The second-order valence-electron chi connectivity index (χ2n) is 5.33. The highest BCUT2D eigenvalue weighted by Gasteiger charge is 2.13. The highest BCUT2D eigenvalue weighted by molar-refractivity contribution is 7.92. The van der Waals surface area contributed by atoms with Crippen molar-refractivity contribution in [2.45, 2.75) is 11.8 Å². The SMILES string of the molecule is Cc1ccccc1O.Nc1cccc(S(=O)(=O)Nc2ccccc2)c1. The van der Waals surface area contributed by atoms with Gasteiger partial charge in [-0.25, -0.2) is 8.42 Å². The Morgan fingerprint density at radius 1 is 0.880 bits per heavy atom. The van der Waals surface area contributed by atoms with E-state index in [1.807, 2.05) is 31.2 Å². The van der Waals surface area contributed by atoms with E-state index < -0.39 is 10.0 Å². The summed E-state index contributed by atoms with van der Waals surface area (Å²) >= 11 is 0. The zero-order chi connectivity index (χ0) is 18.3. The van der Waals surface area contributed by atoms with E-state index in [1.165, 1.54) is 12.1 Å². The summed E-state index contributed by atoms with van der Waals surface area (Å²) in [5, 5.41) is 8.92. The van der Waals surface area contributed by atoms with Gasteiger partial charge in [0.2, 0.25) is 0 Å². The normalized spacial score (nSPS) is 10.4. The van der Waals surface area contributed by atoms with Gasteiger partial charge in [0.05, 0.1) is 4.90 Å². The lowest BCUT2D eigenvalue weighted by Crippen LogP contribution is -2.12. The fourth-order valence-corrected chi connectivity index (χ4v) is 3.08. The number of anilines is 2. The maximum absolute atomic E-state index is 12.0. The van der Waals surface area contributed by atoms with E-state index in [0.29, 0.717) is 17.1 Å². The first-order valence-electron chi connectivity index (χ1n) is 7.56. The molecular weight excluding hydrogens is 336 g/mol. The minimum Gasteiger partial charge on any atom is -0.508 e. The predicted molar refractivity (Wildman–Crippen MR) is 101 cm³/mol. The number of aromatic hydroxyl groups is 1. The summed E-state index contributed by atoms with van der Waals surface area (Å²) in [6, 6.07) is 22.1. The summed E-state index contributed by atoms with van der Waals surface area (Å²) in [7, 11) is -3.57. The molecule has 0 aliphatic heterocycles. The predicted octanol–water partition coefficient (Wildman–Crippen LogP) is 3.77. The number of rotatable bonds is 3. The van der Waals surface area contributed by atoms with Crippen LogP contribution in [0.15, 0.2) is 83.8 Å². The molecule has 0 bridgehead atoms. The maximum Gasteiger partial charge on any atom is 0.261 e. The molecule has 0 unspecified atom stereocenters. The van der Waals surface area contributed by atoms with Crippen LogP contribution in [0.5, 0.6) is 5.75 Å². The van der Waals surface area contributed by atoms with Gasteiger partial charge in [0.15, 0.2) is 0 Å². The van der Waals surface area contributed by atoms with Gasteiger partial charge < -0.3 is 10.8 Å². The molecule has 0 atom stereocenters. The molecule has 0 saturated heterocycles. The molecule has 130 valence electrons. The van der Waals surface area contributed by atoms with Gasteiger partial charge in [-0.15, -0.1) is 0 Å². The monoisotopic (exact) mass is 356 g/mol. The Bertz CT molecular complexity index is 905. The van der Waals surface area contributed by atoms with Crippen LogP contribution in [0.3, 0.4) is 0 Å². The van der Waals surface area contributed by atoms with Gasteiger partial charge >= 0.3 is 0 Å². The zero-order valence-electron chi connectivity index (χ0n) is 13.8. The number of aryl methyl sites for hydroxylation is 1. The zero-order valence-corrected chi connectivity index (χ0v) is 14.6. The number of nitrogens with one attached hydrogen (secondary N) is 1. The molecule has 5 nitrogen and oxygen atoms in total. The molecule has 4 N–H and O–H groups in total. The molecule has 0 heterocycles. The van der Waals surface area contributed by atoms with Gasteiger partial charge in [-0.05, 0) is 48.9 Å². The molecule has 25 heavy (non-hydrogen) atoms. The third-order valence-electron chi connectivity index (χ3n) is 3.31. The van der Waals surface area contributed by atoms with Crippen LogP contribution in [0.1, 0.15) is 5.56 Å². The van der Waals surface area contributed by atoms with E-state index in [4.69, 9.17) is 10.8 Å². The van der Waals surface area contributed by atoms with Gasteiger partial charge in [0.1, 0.15) is 5.75 Å². The molecule has 0 amide bonds. The van der Waals surface area contributed by atoms with Crippen LogP contribution in [0.25, 0.3) is 0 Å². The Kier molecular flexibility index (Phi) is 6.03. The number of nitrogens with two attached hydrogens (primary N) is 1. The number of nitrogen functional groups attached to an aromatic ring is 1. The van der Waals surface area contributed by atoms with Crippen molar-refractivity contribution in [1.29, 1.82) is 0 Å².